The summed E-state index contributed by atoms with van der Waals surface area (Å²) >= 11 is 1.20. The summed E-state index contributed by atoms with van der Waals surface area (Å²) in [5.41, 5.74) is 3.25. The van der Waals surface area contributed by atoms with Crippen molar-refractivity contribution in [2.75, 3.05) is 4.90 Å². The topological polar surface area (TPSA) is 118 Å². The Hall–Kier alpha value is -3.46. The molecule has 1 aliphatic heterocycles. The number of amides is 1. The highest BCUT2D eigenvalue weighted by atomic mass is 32.2. The lowest BCUT2D eigenvalue weighted by Crippen LogP contribution is -2.29. The molecule has 4 N–H and O–H groups in total. The average Bonchev–Trinajstić information content (AvgIpc) is 3.28. The maximum absolute atomic E-state index is 13.3. The number of nitrogens with zero attached hydrogens (tertiary/aromatic N) is 1. The van der Waals surface area contributed by atoms with E-state index in [1.807, 2.05) is 36.4 Å². The summed E-state index contributed by atoms with van der Waals surface area (Å²) in [7, 11) is -4.37. The number of benzene rings is 4. The Kier molecular flexibility index (Phi) is 8.63. The summed E-state index contributed by atoms with van der Waals surface area (Å²) in [4.78, 5) is 33.8. The van der Waals surface area contributed by atoms with Gasteiger partial charge in [0.25, 0.3) is 5.24 Å². The van der Waals surface area contributed by atoms with Gasteiger partial charge < -0.3 is 20.0 Å². The van der Waals surface area contributed by atoms with E-state index in [-0.39, 0.29) is 27.4 Å². The number of aliphatic hydroxyl groups excluding tert-OH is 1. The van der Waals surface area contributed by atoms with Crippen LogP contribution in [0.4, 0.5) is 14.9 Å². The second kappa shape index (κ2) is 12.2. The summed E-state index contributed by atoms with van der Waals surface area (Å²) in [5.74, 6) is -0.367. The quantitative estimate of drug-likeness (QED) is 0.160. The molecule has 0 bridgehead atoms. The van der Waals surface area contributed by atoms with Gasteiger partial charge in [-0.05, 0) is 78.4 Å². The van der Waals surface area contributed by atoms with Crippen LogP contribution in [0.5, 0.6) is 5.75 Å². The fraction of sp³-hybridized carbons (Fsp3) is 0.194. The number of rotatable bonds is 9. The fourth-order valence-corrected chi connectivity index (χ4v) is 6.94. The van der Waals surface area contributed by atoms with Crippen molar-refractivity contribution in [1.29, 1.82) is 0 Å². The van der Waals surface area contributed by atoms with Gasteiger partial charge in [0.2, 0.25) is 0 Å². The van der Waals surface area contributed by atoms with Crippen molar-refractivity contribution < 1.29 is 33.7 Å². The maximum Gasteiger partial charge on any atom is 0.356 e. The molecule has 1 fully saturated rings. The van der Waals surface area contributed by atoms with Crippen LogP contribution in [0.25, 0.3) is 11.1 Å². The van der Waals surface area contributed by atoms with Crippen LogP contribution in [0.15, 0.2) is 97.1 Å². The molecule has 4 aromatic rings. The molecule has 0 aliphatic carbocycles. The number of thioether (sulfide) groups is 1. The molecule has 3 atom stereocenters. The first-order chi connectivity index (χ1) is 19.6. The normalized spacial score (nSPS) is 18.0. The number of hydrogen-bond acceptors (Lipinski definition) is 5. The number of aliphatic hydroxyl groups is 1. The molecule has 4 aromatic carbocycles. The maximum atomic E-state index is 13.3. The predicted molar refractivity (Wildman–Crippen MR) is 159 cm³/mol. The number of halogens is 1. The molecular formula is C31H29FNO6PS. The van der Waals surface area contributed by atoms with E-state index in [0.717, 1.165) is 0 Å². The van der Waals surface area contributed by atoms with Gasteiger partial charge in [0.15, 0.2) is 0 Å². The molecule has 1 amide bonds. The zero-order valence-electron chi connectivity index (χ0n) is 21.9. The standard InChI is InChI=1S/C31H29FNO6PS/c32-23-14-9-21(10-15-23)27(34)7-4-8-29-30(33(31(36)41-29)24-5-2-1-3-6-24)26-18-13-22(19-28(26)35)20-11-16-25(17-12-20)40(37,38)39/h1-3,5-6,9-19,27,29-30,34-35H,4,7-8H2,(H2,37,38,39)/t27-,29-,30-/m1/s1. The third-order valence-corrected chi connectivity index (χ3v) is 9.39. The van der Waals surface area contributed by atoms with Crippen molar-refractivity contribution in [1.82, 2.24) is 0 Å². The van der Waals surface area contributed by atoms with E-state index in [2.05, 4.69) is 0 Å². The van der Waals surface area contributed by atoms with E-state index in [0.29, 0.717) is 47.2 Å². The van der Waals surface area contributed by atoms with Crippen LogP contribution < -0.4 is 10.2 Å². The summed E-state index contributed by atoms with van der Waals surface area (Å²) < 4.78 is 24.8. The van der Waals surface area contributed by atoms with E-state index < -0.39 is 19.7 Å². The molecule has 0 aromatic heterocycles. The van der Waals surface area contributed by atoms with Crippen LogP contribution in [-0.4, -0.2) is 30.5 Å². The molecule has 0 unspecified atom stereocenters. The Bertz CT molecular complexity index is 1560. The first-order valence-corrected chi connectivity index (χ1v) is 15.6. The molecule has 1 saturated heterocycles. The van der Waals surface area contributed by atoms with Gasteiger partial charge >= 0.3 is 7.60 Å². The lowest BCUT2D eigenvalue weighted by Gasteiger charge is -2.28. The van der Waals surface area contributed by atoms with Gasteiger partial charge in [-0.15, -0.1) is 0 Å². The third kappa shape index (κ3) is 6.56. The van der Waals surface area contributed by atoms with Crippen molar-refractivity contribution in [3.63, 3.8) is 0 Å². The van der Waals surface area contributed by atoms with Gasteiger partial charge in [-0.3, -0.25) is 14.3 Å². The Morgan fingerprint density at radius 2 is 1.56 bits per heavy atom. The van der Waals surface area contributed by atoms with E-state index in [1.165, 1.54) is 36.0 Å². The molecule has 0 saturated carbocycles. The lowest BCUT2D eigenvalue weighted by molar-refractivity contribution is 0.163. The van der Waals surface area contributed by atoms with Crippen molar-refractivity contribution in [2.45, 2.75) is 36.7 Å². The average molecular weight is 594 g/mol. The van der Waals surface area contributed by atoms with E-state index in [4.69, 9.17) is 0 Å². The van der Waals surface area contributed by atoms with Crippen LogP contribution in [0, 0.1) is 5.82 Å². The molecule has 5 rings (SSSR count). The van der Waals surface area contributed by atoms with Crippen molar-refractivity contribution >= 4 is 35.6 Å². The van der Waals surface area contributed by atoms with Gasteiger partial charge in [0, 0.05) is 16.5 Å². The fourth-order valence-electron chi connectivity index (χ4n) is 5.13. The number of anilines is 1. The highest BCUT2D eigenvalue weighted by Gasteiger charge is 2.43. The molecule has 7 nitrogen and oxygen atoms in total. The Labute approximate surface area is 241 Å². The van der Waals surface area contributed by atoms with Crippen molar-refractivity contribution in [3.8, 4) is 16.9 Å². The van der Waals surface area contributed by atoms with Crippen LogP contribution >= 0.6 is 19.4 Å². The largest absolute Gasteiger partial charge is 0.508 e. The Balaban J connectivity index is 1.40. The summed E-state index contributed by atoms with van der Waals surface area (Å²) in [6, 6.07) is 25.6. The van der Waals surface area contributed by atoms with Crippen LogP contribution in [0.2, 0.25) is 0 Å². The van der Waals surface area contributed by atoms with Gasteiger partial charge in [-0.25, -0.2) is 4.39 Å². The van der Waals surface area contributed by atoms with Gasteiger partial charge in [0.05, 0.1) is 17.5 Å². The minimum absolute atomic E-state index is 0.000794. The SMILES string of the molecule is O=C1S[C@H](CCC[C@@H](O)c2ccc(F)cc2)[C@@H](c2ccc(-c3ccc(P(=O)(O)O)cc3)cc2O)N1c1ccccc1. The highest BCUT2D eigenvalue weighted by molar-refractivity contribution is 8.14. The Morgan fingerprint density at radius 3 is 2.20 bits per heavy atom. The van der Waals surface area contributed by atoms with Gasteiger partial charge in [-0.2, -0.15) is 0 Å². The monoisotopic (exact) mass is 593 g/mol. The minimum Gasteiger partial charge on any atom is -0.508 e. The van der Waals surface area contributed by atoms with E-state index >= 15 is 0 Å². The van der Waals surface area contributed by atoms with Gasteiger partial charge in [-0.1, -0.05) is 66.4 Å². The Morgan fingerprint density at radius 1 is 0.902 bits per heavy atom. The zero-order valence-corrected chi connectivity index (χ0v) is 23.6. The van der Waals surface area contributed by atoms with Gasteiger partial charge in [0.1, 0.15) is 11.6 Å². The summed E-state index contributed by atoms with van der Waals surface area (Å²) in [5, 5.41) is 21.4. The molecule has 0 radical (unpaired) electrons. The number of carbonyl (C=O) groups excluding carboxylic acids is 1. The van der Waals surface area contributed by atoms with Crippen molar-refractivity contribution in [3.05, 3.63) is 114 Å². The summed E-state index contributed by atoms with van der Waals surface area (Å²) in [6.07, 6.45) is 0.872. The summed E-state index contributed by atoms with van der Waals surface area (Å²) in [6.45, 7) is 0. The number of hydrogen-bond donors (Lipinski definition) is 4. The molecule has 0 spiro atoms. The molecule has 212 valence electrons. The molecule has 10 heteroatoms. The molecule has 41 heavy (non-hydrogen) atoms. The van der Waals surface area contributed by atoms with Crippen molar-refractivity contribution in [2.24, 2.45) is 0 Å². The molecular weight excluding hydrogens is 564 g/mol. The van der Waals surface area contributed by atoms with E-state index in [1.54, 1.807) is 41.3 Å². The third-order valence-electron chi connectivity index (χ3n) is 7.22. The molecule has 1 heterocycles. The second-order valence-electron chi connectivity index (χ2n) is 9.94. The van der Waals surface area contributed by atoms with Crippen LogP contribution in [-0.2, 0) is 4.57 Å². The first-order valence-electron chi connectivity index (χ1n) is 13.1. The number of phenolic OH excluding ortho intramolecular Hbond substituents is 1. The number of carbonyl (C=O) groups is 1. The first kappa shape index (κ1) is 29.0. The highest BCUT2D eigenvalue weighted by Crippen LogP contribution is 2.49. The van der Waals surface area contributed by atoms with Crippen LogP contribution in [0.1, 0.15) is 42.5 Å². The minimum atomic E-state index is -4.37. The van der Waals surface area contributed by atoms with E-state index in [9.17, 15) is 33.7 Å². The number of aromatic hydroxyl groups is 1. The molecule has 1 aliphatic rings. The zero-order chi connectivity index (χ0) is 29.1. The smallest absolute Gasteiger partial charge is 0.356 e. The second-order valence-corrected chi connectivity index (χ2v) is 12.7. The van der Waals surface area contributed by atoms with Crippen LogP contribution in [0.3, 0.4) is 0 Å². The lowest BCUT2D eigenvalue weighted by atomic mass is 9.94. The predicted octanol–water partition coefficient (Wildman–Crippen LogP) is 6.69. The number of para-hydroxylation sites is 1. The number of phenols is 1.